The van der Waals surface area contributed by atoms with E-state index in [0.717, 1.165) is 76.8 Å². The van der Waals surface area contributed by atoms with Gasteiger partial charge in [-0.1, -0.05) is 30.3 Å². The van der Waals surface area contributed by atoms with E-state index in [1.54, 1.807) is 38.6 Å². The first-order valence-electron chi connectivity index (χ1n) is 23.8. The molecule has 4 aromatic heterocycles. The van der Waals surface area contributed by atoms with Crippen molar-refractivity contribution in [1.29, 1.82) is 0 Å². The summed E-state index contributed by atoms with van der Waals surface area (Å²) in [6.07, 6.45) is 18.0. The van der Waals surface area contributed by atoms with E-state index in [-0.39, 0.29) is 23.3 Å². The highest BCUT2D eigenvalue weighted by molar-refractivity contribution is 5.53. The summed E-state index contributed by atoms with van der Waals surface area (Å²) >= 11 is 0. The topological polar surface area (TPSA) is 162 Å². The smallest absolute Gasteiger partial charge is 0.299 e. The van der Waals surface area contributed by atoms with Crippen molar-refractivity contribution in [1.82, 2.24) is 59.1 Å². The molecule has 5 aromatic rings. The van der Waals surface area contributed by atoms with Gasteiger partial charge in [0, 0.05) is 71.3 Å². The largest absolute Gasteiger partial charge is 0.461 e. The molecule has 346 valence electrons. The third-order valence-corrected chi connectivity index (χ3v) is 13.6. The van der Waals surface area contributed by atoms with Crippen molar-refractivity contribution in [3.05, 3.63) is 106 Å². The fraction of sp³-hybridized carbons (Fsp3) is 0.551. The maximum Gasteiger partial charge on any atom is 0.299 e. The summed E-state index contributed by atoms with van der Waals surface area (Å²) in [6, 6.07) is 18.0. The van der Waals surface area contributed by atoms with Gasteiger partial charge in [-0.15, -0.1) is 0 Å². The number of hydrogen-bond donors (Lipinski definition) is 1. The fourth-order valence-corrected chi connectivity index (χ4v) is 9.37. The Morgan fingerprint density at radius 3 is 1.49 bits per heavy atom. The molecule has 8 heterocycles. The van der Waals surface area contributed by atoms with Gasteiger partial charge < -0.3 is 24.6 Å². The summed E-state index contributed by atoms with van der Waals surface area (Å²) in [5.74, 6) is 1.70. The third-order valence-electron chi connectivity index (χ3n) is 13.6. The highest BCUT2D eigenvalue weighted by Crippen LogP contribution is 2.25. The maximum absolute atomic E-state index is 12.5. The normalized spacial score (nSPS) is 18.8. The lowest BCUT2D eigenvalue weighted by atomic mass is 9.92. The van der Waals surface area contributed by atoms with Crippen molar-refractivity contribution >= 4 is 0 Å². The Hall–Kier alpha value is -5.42. The Kier molecular flexibility index (Phi) is 16.4. The van der Waals surface area contributed by atoms with Gasteiger partial charge in [0.15, 0.2) is 0 Å². The average molecular weight is 887 g/mol. The first-order valence-corrected chi connectivity index (χ1v) is 23.8. The third kappa shape index (κ3) is 13.3. The van der Waals surface area contributed by atoms with Gasteiger partial charge in [-0.2, -0.15) is 9.97 Å². The Balaban J connectivity index is 0.000000181. The van der Waals surface area contributed by atoms with Crippen LogP contribution < -0.4 is 25.9 Å². The summed E-state index contributed by atoms with van der Waals surface area (Å²) in [5.41, 5.74) is 3.39. The molecular formula is C49H66N12O4. The highest BCUT2D eigenvalue weighted by atomic mass is 16.5. The van der Waals surface area contributed by atoms with Crippen molar-refractivity contribution in [3.8, 4) is 34.8 Å². The van der Waals surface area contributed by atoms with E-state index in [1.807, 2.05) is 0 Å². The van der Waals surface area contributed by atoms with Crippen LogP contribution in [0.15, 0.2) is 89.2 Å². The van der Waals surface area contributed by atoms with Crippen LogP contribution in [0.1, 0.15) is 69.8 Å². The molecule has 9 rings (SSSR count). The number of likely N-dealkylation sites (tertiary alicyclic amines) is 3. The minimum atomic E-state index is -0.152. The second-order valence-corrected chi connectivity index (χ2v) is 18.1. The van der Waals surface area contributed by atoms with Gasteiger partial charge in [0.05, 0.1) is 22.8 Å². The number of aromatic nitrogens is 8. The summed E-state index contributed by atoms with van der Waals surface area (Å²) in [5, 5.41) is 3.44. The van der Waals surface area contributed by atoms with Crippen molar-refractivity contribution < 1.29 is 9.47 Å². The van der Waals surface area contributed by atoms with E-state index in [9.17, 15) is 9.59 Å². The SMILES string of the molecule is Cn1c(OC2CCN(CCC3CCN(Cc4ccccc4)CC3)CC2)nc(-c2ccncn2)cc1=O.Cn1c(OC2CCN(CCC3CCNCC3)CC2)nc(-c2ccncn2)cc1=O. The van der Waals surface area contributed by atoms with E-state index < -0.39 is 0 Å². The molecule has 1 N–H and O–H groups in total. The van der Waals surface area contributed by atoms with Crippen molar-refractivity contribution in [2.24, 2.45) is 25.9 Å². The van der Waals surface area contributed by atoms with Crippen LogP contribution in [-0.4, -0.2) is 131 Å². The number of rotatable bonds is 14. The van der Waals surface area contributed by atoms with Crippen molar-refractivity contribution in [3.63, 3.8) is 0 Å². The average Bonchev–Trinajstić information content (AvgIpc) is 3.35. The lowest BCUT2D eigenvalue weighted by molar-refractivity contribution is 0.0822. The minimum absolute atomic E-state index is 0.0706. The molecule has 0 saturated carbocycles. The van der Waals surface area contributed by atoms with Gasteiger partial charge in [0.25, 0.3) is 23.1 Å². The van der Waals surface area contributed by atoms with Crippen LogP contribution in [0.2, 0.25) is 0 Å². The first-order chi connectivity index (χ1) is 31.8. The number of nitrogens with one attached hydrogen (secondary N) is 1. The second kappa shape index (κ2) is 23.2. The Morgan fingerprint density at radius 1 is 0.569 bits per heavy atom. The quantitative estimate of drug-likeness (QED) is 0.161. The van der Waals surface area contributed by atoms with Crippen LogP contribution in [0.3, 0.4) is 0 Å². The molecule has 4 saturated heterocycles. The molecule has 0 unspecified atom stereocenters. The zero-order valence-electron chi connectivity index (χ0n) is 38.2. The highest BCUT2D eigenvalue weighted by Gasteiger charge is 2.26. The zero-order valence-corrected chi connectivity index (χ0v) is 38.2. The molecule has 4 fully saturated rings. The van der Waals surface area contributed by atoms with Gasteiger partial charge in [0.1, 0.15) is 24.9 Å². The Morgan fingerprint density at radius 2 is 1.03 bits per heavy atom. The molecule has 0 spiro atoms. The van der Waals surface area contributed by atoms with Crippen LogP contribution in [0, 0.1) is 11.8 Å². The number of ether oxygens (including phenoxy) is 2. The molecule has 0 bridgehead atoms. The lowest BCUT2D eigenvalue weighted by Gasteiger charge is -2.35. The van der Waals surface area contributed by atoms with Crippen LogP contribution in [0.4, 0.5) is 0 Å². The molecule has 16 heteroatoms. The van der Waals surface area contributed by atoms with Crippen LogP contribution >= 0.6 is 0 Å². The molecule has 0 amide bonds. The second-order valence-electron chi connectivity index (χ2n) is 18.1. The number of hydrogen-bond acceptors (Lipinski definition) is 14. The zero-order chi connectivity index (χ0) is 44.8. The number of piperidine rings is 4. The van der Waals surface area contributed by atoms with Crippen LogP contribution in [-0.2, 0) is 20.6 Å². The van der Waals surface area contributed by atoms with Crippen LogP contribution in [0.5, 0.6) is 12.0 Å². The molecule has 1 aromatic carbocycles. The Labute approximate surface area is 382 Å². The van der Waals surface area contributed by atoms with Gasteiger partial charge >= 0.3 is 0 Å². The number of benzene rings is 1. The maximum atomic E-state index is 12.5. The molecular weight excluding hydrogens is 821 g/mol. The monoisotopic (exact) mass is 887 g/mol. The molecule has 65 heavy (non-hydrogen) atoms. The molecule has 4 aliphatic heterocycles. The van der Waals surface area contributed by atoms with Gasteiger partial charge in [-0.25, -0.2) is 19.9 Å². The fourth-order valence-electron chi connectivity index (χ4n) is 9.37. The van der Waals surface area contributed by atoms with E-state index in [2.05, 4.69) is 80.3 Å². The van der Waals surface area contributed by atoms with E-state index in [4.69, 9.17) is 9.47 Å². The van der Waals surface area contributed by atoms with Gasteiger partial charge in [-0.3, -0.25) is 23.6 Å². The van der Waals surface area contributed by atoms with Gasteiger partial charge in [-0.05, 0) is 133 Å². The molecule has 16 nitrogen and oxygen atoms in total. The standard InChI is InChI=1S/C28H36N6O2.C21H30N6O2/c1-32-27(35)19-26(25-7-13-29-21-30-25)31-28(32)36-24-11-17-33(18-12-24)14-8-22-9-15-34(16-10-22)20-23-5-3-2-4-6-23;1-26-20(28)14-19(18-4-10-23-15-24-18)25-21(26)29-17-6-12-27(13-7-17)11-5-16-2-8-22-9-3-16/h2-7,13,19,21-22,24H,8-12,14-18,20H2,1H3;4,10,14-17,22H,2-3,5-9,11-13H2,1H3. The minimum Gasteiger partial charge on any atom is -0.461 e. The van der Waals surface area contributed by atoms with Crippen molar-refractivity contribution in [2.75, 3.05) is 65.4 Å². The van der Waals surface area contributed by atoms with E-state index in [1.165, 1.54) is 111 Å². The predicted octanol–water partition coefficient (Wildman–Crippen LogP) is 4.85. The lowest BCUT2D eigenvalue weighted by Crippen LogP contribution is -2.40. The van der Waals surface area contributed by atoms with Crippen LogP contribution in [0.25, 0.3) is 22.8 Å². The molecule has 4 aliphatic rings. The molecule has 0 atom stereocenters. The first kappa shape index (κ1) is 46.1. The van der Waals surface area contributed by atoms with E-state index >= 15 is 0 Å². The van der Waals surface area contributed by atoms with Crippen molar-refractivity contribution in [2.45, 2.75) is 83.0 Å². The summed E-state index contributed by atoms with van der Waals surface area (Å²) in [4.78, 5) is 57.9. The van der Waals surface area contributed by atoms with E-state index in [0.29, 0.717) is 34.8 Å². The summed E-state index contributed by atoms with van der Waals surface area (Å²) in [7, 11) is 3.40. The summed E-state index contributed by atoms with van der Waals surface area (Å²) < 4.78 is 15.3. The summed E-state index contributed by atoms with van der Waals surface area (Å²) in [6.45, 7) is 12.3. The molecule has 0 radical (unpaired) electrons. The molecule has 0 aliphatic carbocycles. The van der Waals surface area contributed by atoms with Gasteiger partial charge in [0.2, 0.25) is 0 Å². The number of nitrogens with zero attached hydrogens (tertiary/aromatic N) is 11. The predicted molar refractivity (Wildman–Crippen MR) is 250 cm³/mol. The Bertz CT molecular complexity index is 2320.